The van der Waals surface area contributed by atoms with Crippen LogP contribution in [0.1, 0.15) is 25.3 Å². The third kappa shape index (κ3) is 6.49. The maximum atomic E-state index is 11.0. The number of unbranched alkanes of at least 4 members (excludes halogenated alkanes) is 1. The molecule has 0 heterocycles. The summed E-state index contributed by atoms with van der Waals surface area (Å²) < 4.78 is 0. The second-order valence-corrected chi connectivity index (χ2v) is 8.89. The summed E-state index contributed by atoms with van der Waals surface area (Å²) in [5, 5.41) is 0. The molecule has 1 aromatic rings. The predicted molar refractivity (Wildman–Crippen MR) is 65.2 cm³/mol. The van der Waals surface area contributed by atoms with E-state index < -0.39 is 5.69 Å². The van der Waals surface area contributed by atoms with Crippen LogP contribution in [0.25, 0.3) is 0 Å². The molecule has 0 aromatic heterocycles. The first kappa shape index (κ1) is 16.8. The molecular formula is C10H13O2PS2Zn. The zero-order chi connectivity index (χ0) is 11.3. The Balaban J connectivity index is 0.00000225. The van der Waals surface area contributed by atoms with Crippen LogP contribution >= 0.6 is 17.1 Å². The molecule has 0 spiro atoms. The Morgan fingerprint density at radius 3 is 2.50 bits per heavy atom. The minimum atomic E-state index is -3.70. The van der Waals surface area contributed by atoms with E-state index >= 15 is 0 Å². The maximum absolute atomic E-state index is 11.0. The quantitative estimate of drug-likeness (QED) is 0.614. The number of rotatable bonds is 5. The van der Waals surface area contributed by atoms with Crippen molar-refractivity contribution in [2.24, 2.45) is 0 Å². The second kappa shape index (κ2) is 7.97. The first-order valence-corrected chi connectivity index (χ1v) is 8.88. The molecule has 0 bridgehead atoms. The van der Waals surface area contributed by atoms with E-state index in [0.29, 0.717) is 0 Å². The van der Waals surface area contributed by atoms with Gasteiger partial charge in [0.15, 0.2) is 0 Å². The van der Waals surface area contributed by atoms with Gasteiger partial charge in [-0.05, 0) is 24.5 Å². The Morgan fingerprint density at radius 2 is 1.94 bits per heavy atom. The predicted octanol–water partition coefficient (Wildman–Crippen LogP) is 2.06. The molecule has 0 amide bonds. The summed E-state index contributed by atoms with van der Waals surface area (Å²) in [4.78, 5) is 22.8. The summed E-state index contributed by atoms with van der Waals surface area (Å²) in [5.74, 6) is 0. The Hall–Kier alpha value is 0.763. The molecule has 1 aromatic carbocycles. The average Bonchev–Trinajstić information content (AvgIpc) is 2.14. The number of benzene rings is 1. The maximum Gasteiger partial charge on any atom is 2.00 e. The van der Waals surface area contributed by atoms with Gasteiger partial charge in [-0.2, -0.15) is 5.69 Å². The first-order valence-electron chi connectivity index (χ1n) is 4.82. The molecule has 6 heteroatoms. The van der Waals surface area contributed by atoms with Gasteiger partial charge in [0.1, 0.15) is 0 Å². The van der Waals surface area contributed by atoms with Gasteiger partial charge in [0.25, 0.3) is 0 Å². The SMILES string of the molecule is CCCCc1ccccc1SP([O-])([O-])=S.[Zn+2]. The van der Waals surface area contributed by atoms with E-state index in [4.69, 9.17) is 0 Å². The molecule has 16 heavy (non-hydrogen) atoms. The van der Waals surface area contributed by atoms with Crippen molar-refractivity contribution in [3.8, 4) is 0 Å². The fourth-order valence-electron chi connectivity index (χ4n) is 1.29. The van der Waals surface area contributed by atoms with Crippen LogP contribution in [0.2, 0.25) is 0 Å². The van der Waals surface area contributed by atoms with Crippen LogP contribution in [0, 0.1) is 0 Å². The minimum absolute atomic E-state index is 0. The molecule has 2 nitrogen and oxygen atoms in total. The summed E-state index contributed by atoms with van der Waals surface area (Å²) in [7, 11) is 0. The fourth-order valence-corrected chi connectivity index (χ4v) is 3.93. The molecule has 0 aliphatic heterocycles. The molecule has 0 saturated heterocycles. The summed E-state index contributed by atoms with van der Waals surface area (Å²) in [6.45, 7) is 2.11. The van der Waals surface area contributed by atoms with Crippen LogP contribution in [-0.2, 0) is 37.7 Å². The van der Waals surface area contributed by atoms with E-state index in [2.05, 4.69) is 18.7 Å². The van der Waals surface area contributed by atoms with Gasteiger partial charge in [0, 0.05) is 4.90 Å². The molecular weight excluding hydrogens is 313 g/mol. The largest absolute Gasteiger partial charge is 2.00 e. The molecule has 0 aliphatic rings. The van der Waals surface area contributed by atoms with Crippen LogP contribution < -0.4 is 9.79 Å². The van der Waals surface area contributed by atoms with Gasteiger partial charge in [0.2, 0.25) is 0 Å². The number of hydrogen-bond donors (Lipinski definition) is 0. The van der Waals surface area contributed by atoms with E-state index in [1.54, 1.807) is 0 Å². The number of aryl methyl sites for hydroxylation is 1. The third-order valence-corrected chi connectivity index (χ3v) is 4.73. The van der Waals surface area contributed by atoms with Gasteiger partial charge < -0.3 is 9.79 Å². The van der Waals surface area contributed by atoms with Gasteiger partial charge in [-0.1, -0.05) is 31.5 Å². The molecule has 0 aliphatic carbocycles. The zero-order valence-corrected chi connectivity index (χ0v) is 14.7. The Morgan fingerprint density at radius 1 is 1.31 bits per heavy atom. The molecule has 0 N–H and O–H groups in total. The molecule has 0 atom stereocenters. The third-order valence-electron chi connectivity index (χ3n) is 1.98. The van der Waals surface area contributed by atoms with Crippen molar-refractivity contribution in [3.05, 3.63) is 29.8 Å². The van der Waals surface area contributed by atoms with Crippen molar-refractivity contribution in [1.82, 2.24) is 0 Å². The van der Waals surface area contributed by atoms with Crippen LogP contribution in [0.3, 0.4) is 0 Å². The van der Waals surface area contributed by atoms with E-state index in [-0.39, 0.29) is 19.5 Å². The number of hydrogen-bond acceptors (Lipinski definition) is 4. The van der Waals surface area contributed by atoms with Crippen molar-refractivity contribution in [2.45, 2.75) is 31.1 Å². The van der Waals surface area contributed by atoms with Gasteiger partial charge in [-0.3, -0.25) is 0 Å². The fraction of sp³-hybridized carbons (Fsp3) is 0.400. The normalized spacial score (nSPS) is 10.9. The standard InChI is InChI=1S/C10H15O2PS2.Zn/c1-2-3-6-9-7-4-5-8-10(9)15-13(11,12)14;/h4-5,7-8H,2-3,6H2,1H3,(H2,11,12,14);/q;+2/p-2. The summed E-state index contributed by atoms with van der Waals surface area (Å²) in [6.07, 6.45) is 3.08. The van der Waals surface area contributed by atoms with Gasteiger partial charge in [-0.15, -0.1) is 23.2 Å². The van der Waals surface area contributed by atoms with E-state index in [1.165, 1.54) is 0 Å². The molecule has 0 saturated carbocycles. The van der Waals surface area contributed by atoms with Crippen LogP contribution in [-0.4, -0.2) is 0 Å². The topological polar surface area (TPSA) is 46.1 Å². The molecule has 84 valence electrons. The summed E-state index contributed by atoms with van der Waals surface area (Å²) in [6, 6.07) is 7.53. The summed E-state index contributed by atoms with van der Waals surface area (Å²) >= 11 is 5.19. The van der Waals surface area contributed by atoms with Gasteiger partial charge >= 0.3 is 19.5 Å². The monoisotopic (exact) mass is 324 g/mol. The van der Waals surface area contributed by atoms with Crippen LogP contribution in [0.15, 0.2) is 29.2 Å². The molecule has 0 fully saturated rings. The van der Waals surface area contributed by atoms with Crippen molar-refractivity contribution in [1.29, 1.82) is 0 Å². The van der Waals surface area contributed by atoms with E-state index in [1.807, 2.05) is 24.3 Å². The Bertz CT molecular complexity index is 368. The summed E-state index contributed by atoms with van der Waals surface area (Å²) in [5.41, 5.74) is -2.62. The first-order chi connectivity index (χ1) is 7.03. The van der Waals surface area contributed by atoms with Crippen LogP contribution in [0.5, 0.6) is 0 Å². The van der Waals surface area contributed by atoms with E-state index in [9.17, 15) is 9.79 Å². The van der Waals surface area contributed by atoms with Gasteiger partial charge in [0.05, 0.1) is 0 Å². The minimum Gasteiger partial charge on any atom is -0.824 e. The average molecular weight is 326 g/mol. The zero-order valence-electron chi connectivity index (χ0n) is 9.22. The smallest absolute Gasteiger partial charge is 0.824 e. The van der Waals surface area contributed by atoms with E-state index in [0.717, 1.165) is 41.1 Å². The molecule has 0 radical (unpaired) electrons. The molecule has 0 unspecified atom stereocenters. The second-order valence-electron chi connectivity index (χ2n) is 3.25. The van der Waals surface area contributed by atoms with Crippen LogP contribution in [0.4, 0.5) is 0 Å². The van der Waals surface area contributed by atoms with Crippen molar-refractivity contribution in [3.63, 3.8) is 0 Å². The van der Waals surface area contributed by atoms with Crippen molar-refractivity contribution < 1.29 is 29.3 Å². The Kier molecular flexibility index (Phi) is 8.35. The Labute approximate surface area is 119 Å². The molecule has 1 rings (SSSR count). The van der Waals surface area contributed by atoms with Crippen molar-refractivity contribution in [2.75, 3.05) is 0 Å². The van der Waals surface area contributed by atoms with Gasteiger partial charge in [-0.25, -0.2) is 0 Å². The van der Waals surface area contributed by atoms with Crippen molar-refractivity contribution >= 4 is 28.9 Å².